The lowest BCUT2D eigenvalue weighted by Crippen LogP contribution is -2.28. The first kappa shape index (κ1) is 12.5. The number of nitrogens with one attached hydrogen (secondary N) is 1. The number of hydrogen-bond donors (Lipinski definition) is 1. The zero-order valence-corrected chi connectivity index (χ0v) is 11.5. The monoisotopic (exact) mass is 273 g/mol. The van der Waals surface area contributed by atoms with Crippen molar-refractivity contribution in [3.05, 3.63) is 29.0 Å². The molecule has 1 N–H and O–H groups in total. The number of halogens is 1. The van der Waals surface area contributed by atoms with Crippen LogP contribution in [0, 0.1) is 12.3 Å². The number of benzene rings is 1. The fourth-order valence-corrected chi connectivity index (χ4v) is 2.94. The van der Waals surface area contributed by atoms with Gasteiger partial charge in [-0.2, -0.15) is 0 Å². The molecule has 0 atom stereocenters. The van der Waals surface area contributed by atoms with E-state index >= 15 is 0 Å². The van der Waals surface area contributed by atoms with Gasteiger partial charge in [0.15, 0.2) is 0 Å². The number of aromatic nitrogens is 2. The van der Waals surface area contributed by atoms with E-state index in [2.05, 4.69) is 15.8 Å². The Morgan fingerprint density at radius 1 is 1.42 bits per heavy atom. The molecule has 1 aliphatic rings. The van der Waals surface area contributed by atoms with Gasteiger partial charge in [0.2, 0.25) is 0 Å². The molecule has 1 aliphatic heterocycles. The summed E-state index contributed by atoms with van der Waals surface area (Å²) >= 11 is 6.04. The zero-order valence-electron chi connectivity index (χ0n) is 10.7. The van der Waals surface area contributed by atoms with Crippen molar-refractivity contribution in [2.45, 2.75) is 25.3 Å². The average Bonchev–Trinajstić information content (AvgIpc) is 2.78. The van der Waals surface area contributed by atoms with Gasteiger partial charge in [-0.1, -0.05) is 17.5 Å². The molecule has 3 rings (SSSR count). The quantitative estimate of drug-likeness (QED) is 0.853. The van der Waals surface area contributed by atoms with E-state index in [1.54, 1.807) is 0 Å². The first-order valence-electron chi connectivity index (χ1n) is 6.59. The van der Waals surface area contributed by atoms with Gasteiger partial charge >= 0.3 is 0 Å². The smallest absolute Gasteiger partial charge is 0.113 e. The van der Waals surface area contributed by atoms with Crippen LogP contribution in [-0.2, 0) is 6.54 Å². The summed E-state index contributed by atoms with van der Waals surface area (Å²) in [6.07, 6.45) is 7.73. The summed E-state index contributed by atoms with van der Waals surface area (Å²) < 4.78 is 2.15. The maximum Gasteiger partial charge on any atom is 0.113 e. The molecule has 0 radical (unpaired) electrons. The van der Waals surface area contributed by atoms with Gasteiger partial charge in [-0.3, -0.25) is 0 Å². The lowest BCUT2D eigenvalue weighted by molar-refractivity contribution is 0.436. The van der Waals surface area contributed by atoms with E-state index in [1.165, 1.54) is 0 Å². The Hall–Kier alpha value is -1.50. The first-order chi connectivity index (χ1) is 9.29. The number of terminal acetylenes is 1. The van der Waals surface area contributed by atoms with E-state index in [0.717, 1.165) is 47.8 Å². The van der Waals surface area contributed by atoms with Crippen LogP contribution in [-0.4, -0.2) is 22.6 Å². The molecule has 0 amide bonds. The minimum absolute atomic E-state index is 0.487. The number of imidazole rings is 1. The normalized spacial score (nSPS) is 16.6. The second-order valence-corrected chi connectivity index (χ2v) is 5.35. The lowest BCUT2D eigenvalue weighted by Gasteiger charge is -2.22. The van der Waals surface area contributed by atoms with Crippen LogP contribution in [0.4, 0.5) is 0 Å². The third-order valence-electron chi connectivity index (χ3n) is 3.69. The largest absolute Gasteiger partial charge is 0.317 e. The summed E-state index contributed by atoms with van der Waals surface area (Å²) in [6, 6.07) is 5.81. The van der Waals surface area contributed by atoms with E-state index in [4.69, 9.17) is 23.0 Å². The maximum atomic E-state index is 6.04. The number of fused-ring (bicyclic) bond motifs is 1. The van der Waals surface area contributed by atoms with Crippen LogP contribution in [0.5, 0.6) is 0 Å². The molecule has 2 aromatic rings. The van der Waals surface area contributed by atoms with Crippen LogP contribution in [0.1, 0.15) is 24.6 Å². The predicted octanol–water partition coefficient (Wildman–Crippen LogP) is 2.79. The van der Waals surface area contributed by atoms with Crippen molar-refractivity contribution >= 4 is 22.6 Å². The Bertz CT molecular complexity index is 633. The SMILES string of the molecule is C#CCn1c(C2CCNCC2)nc2cc(Cl)ccc21. The van der Waals surface area contributed by atoms with Crippen LogP contribution < -0.4 is 5.32 Å². The van der Waals surface area contributed by atoms with Gasteiger partial charge in [0, 0.05) is 10.9 Å². The Kier molecular flexibility index (Phi) is 3.46. The van der Waals surface area contributed by atoms with Crippen molar-refractivity contribution in [1.29, 1.82) is 0 Å². The van der Waals surface area contributed by atoms with Crippen LogP contribution in [0.3, 0.4) is 0 Å². The molecular weight excluding hydrogens is 258 g/mol. The van der Waals surface area contributed by atoms with Crippen LogP contribution in [0.25, 0.3) is 11.0 Å². The minimum atomic E-state index is 0.487. The van der Waals surface area contributed by atoms with Crippen molar-refractivity contribution < 1.29 is 0 Å². The molecule has 19 heavy (non-hydrogen) atoms. The van der Waals surface area contributed by atoms with E-state index in [9.17, 15) is 0 Å². The second-order valence-electron chi connectivity index (χ2n) is 4.92. The lowest BCUT2D eigenvalue weighted by atomic mass is 9.97. The molecule has 0 unspecified atom stereocenters. The number of nitrogens with zero attached hydrogens (tertiary/aromatic N) is 2. The standard InChI is InChI=1S/C15H16ClN3/c1-2-9-19-14-4-3-12(16)10-13(14)18-15(19)11-5-7-17-8-6-11/h1,3-4,10-11,17H,5-9H2. The van der Waals surface area contributed by atoms with Crippen molar-refractivity contribution in [2.24, 2.45) is 0 Å². The van der Waals surface area contributed by atoms with Crippen molar-refractivity contribution in [3.63, 3.8) is 0 Å². The van der Waals surface area contributed by atoms with Crippen LogP contribution in [0.15, 0.2) is 18.2 Å². The highest BCUT2D eigenvalue weighted by atomic mass is 35.5. The van der Waals surface area contributed by atoms with E-state index in [1.807, 2.05) is 18.2 Å². The Morgan fingerprint density at radius 3 is 2.95 bits per heavy atom. The topological polar surface area (TPSA) is 29.9 Å². The molecule has 0 bridgehead atoms. The minimum Gasteiger partial charge on any atom is -0.317 e. The molecule has 0 spiro atoms. The van der Waals surface area contributed by atoms with Gasteiger partial charge in [-0.05, 0) is 44.1 Å². The summed E-state index contributed by atoms with van der Waals surface area (Å²) in [4.78, 5) is 4.77. The van der Waals surface area contributed by atoms with E-state index < -0.39 is 0 Å². The van der Waals surface area contributed by atoms with Crippen molar-refractivity contribution in [3.8, 4) is 12.3 Å². The number of hydrogen-bond acceptors (Lipinski definition) is 2. The van der Waals surface area contributed by atoms with Crippen LogP contribution in [0.2, 0.25) is 5.02 Å². The predicted molar refractivity (Wildman–Crippen MR) is 78.4 cm³/mol. The zero-order chi connectivity index (χ0) is 13.2. The van der Waals surface area contributed by atoms with Crippen molar-refractivity contribution in [2.75, 3.05) is 13.1 Å². The van der Waals surface area contributed by atoms with Crippen molar-refractivity contribution in [1.82, 2.24) is 14.9 Å². The summed E-state index contributed by atoms with van der Waals surface area (Å²) in [5.41, 5.74) is 2.02. The number of rotatable bonds is 2. The Balaban J connectivity index is 2.11. The molecular formula is C15H16ClN3. The van der Waals surface area contributed by atoms with Gasteiger partial charge in [0.25, 0.3) is 0 Å². The van der Waals surface area contributed by atoms with Gasteiger partial charge in [0.05, 0.1) is 17.6 Å². The Labute approximate surface area is 118 Å². The molecule has 98 valence electrons. The second kappa shape index (κ2) is 5.24. The molecule has 2 heterocycles. The van der Waals surface area contributed by atoms with Gasteiger partial charge in [-0.15, -0.1) is 6.42 Å². The molecule has 0 saturated carbocycles. The fraction of sp³-hybridized carbons (Fsp3) is 0.400. The molecule has 1 saturated heterocycles. The summed E-state index contributed by atoms with van der Waals surface area (Å²) in [7, 11) is 0. The fourth-order valence-electron chi connectivity index (χ4n) is 2.77. The highest BCUT2D eigenvalue weighted by Gasteiger charge is 2.21. The molecule has 4 heteroatoms. The summed E-state index contributed by atoms with van der Waals surface area (Å²) in [5.74, 6) is 4.33. The number of piperidine rings is 1. The average molecular weight is 274 g/mol. The summed E-state index contributed by atoms with van der Waals surface area (Å²) in [6.45, 7) is 2.66. The molecule has 1 fully saturated rings. The molecule has 1 aromatic heterocycles. The third-order valence-corrected chi connectivity index (χ3v) is 3.93. The van der Waals surface area contributed by atoms with E-state index in [0.29, 0.717) is 12.5 Å². The van der Waals surface area contributed by atoms with Gasteiger partial charge < -0.3 is 9.88 Å². The molecule has 3 nitrogen and oxygen atoms in total. The maximum absolute atomic E-state index is 6.04. The van der Waals surface area contributed by atoms with Gasteiger partial charge in [-0.25, -0.2) is 4.98 Å². The molecule has 0 aliphatic carbocycles. The Morgan fingerprint density at radius 2 is 2.21 bits per heavy atom. The van der Waals surface area contributed by atoms with Gasteiger partial charge in [0.1, 0.15) is 5.82 Å². The summed E-state index contributed by atoms with van der Waals surface area (Å²) in [5, 5.41) is 4.10. The first-order valence-corrected chi connectivity index (χ1v) is 6.97. The highest BCUT2D eigenvalue weighted by Crippen LogP contribution is 2.29. The molecule has 1 aromatic carbocycles. The third kappa shape index (κ3) is 2.34. The van der Waals surface area contributed by atoms with Crippen LogP contribution >= 0.6 is 11.6 Å². The highest BCUT2D eigenvalue weighted by molar-refractivity contribution is 6.31. The van der Waals surface area contributed by atoms with E-state index in [-0.39, 0.29) is 0 Å².